The average molecular weight is 518 g/mol. The van der Waals surface area contributed by atoms with Crippen LogP contribution < -0.4 is 29.6 Å². The van der Waals surface area contributed by atoms with E-state index < -0.39 is 19.9 Å². The molecule has 0 bridgehead atoms. The van der Waals surface area contributed by atoms with E-state index in [-0.39, 0.29) is 41.2 Å². The number of hydrogen-bond donors (Lipinski definition) is 0. The third kappa shape index (κ3) is 12.1. The number of nitro benzene ring substituents is 1. The van der Waals surface area contributed by atoms with Crippen LogP contribution in [0.15, 0.2) is 17.0 Å². The van der Waals surface area contributed by atoms with Crippen molar-refractivity contribution in [3.63, 3.8) is 0 Å². The third-order valence-corrected chi connectivity index (χ3v) is 8.12. The zero-order valence-corrected chi connectivity index (χ0v) is 24.9. The summed E-state index contributed by atoms with van der Waals surface area (Å²) in [7, 11) is -4.71. The molecule has 1 aliphatic carbocycles. The van der Waals surface area contributed by atoms with Gasteiger partial charge >= 0.3 is 29.6 Å². The Balaban J connectivity index is 0.00000612. The minimum absolute atomic E-state index is 0. The van der Waals surface area contributed by atoms with E-state index >= 15 is 0 Å². The number of fused-ring (bicyclic) bond motifs is 1. The number of nitrogens with zero attached hydrogens (tertiary/aromatic N) is 1. The molecular formula is C27H44NNaO5S. The summed E-state index contributed by atoms with van der Waals surface area (Å²) in [5.74, 6) is 0.113. The first-order valence-corrected chi connectivity index (χ1v) is 15.0. The number of unbranched alkanes of at least 4 members (excludes halogenated alkanes) is 15. The summed E-state index contributed by atoms with van der Waals surface area (Å²) in [6.07, 6.45) is 23.3. The van der Waals surface area contributed by atoms with E-state index in [1.807, 2.05) is 0 Å². The first kappa shape index (κ1) is 32.6. The second-order valence-electron chi connectivity index (χ2n) is 10.0. The van der Waals surface area contributed by atoms with Crippen molar-refractivity contribution >= 4 is 15.8 Å². The van der Waals surface area contributed by atoms with E-state index in [1.165, 1.54) is 96.0 Å². The molecule has 8 heteroatoms. The van der Waals surface area contributed by atoms with E-state index in [1.54, 1.807) is 0 Å². The molecular weight excluding hydrogens is 473 g/mol. The number of nitro groups is 1. The van der Waals surface area contributed by atoms with Crippen LogP contribution in [0.2, 0.25) is 0 Å². The Kier molecular flexibility index (Phi) is 16.6. The second-order valence-corrected chi connectivity index (χ2v) is 11.4. The van der Waals surface area contributed by atoms with Crippen LogP contribution in [0, 0.1) is 10.1 Å². The van der Waals surface area contributed by atoms with Gasteiger partial charge in [-0.05, 0) is 36.8 Å². The molecule has 0 N–H and O–H groups in total. The van der Waals surface area contributed by atoms with Gasteiger partial charge in [-0.15, -0.1) is 0 Å². The molecule has 0 heterocycles. The maximum Gasteiger partial charge on any atom is 1.00 e. The van der Waals surface area contributed by atoms with Gasteiger partial charge in [0.1, 0.15) is 10.1 Å². The van der Waals surface area contributed by atoms with E-state index in [0.717, 1.165) is 31.7 Å². The molecule has 194 valence electrons. The van der Waals surface area contributed by atoms with Crippen molar-refractivity contribution in [3.8, 4) is 0 Å². The average Bonchev–Trinajstić information content (AvgIpc) is 3.20. The molecule has 0 aromatic heterocycles. The minimum atomic E-state index is -4.71. The Morgan fingerprint density at radius 1 is 0.829 bits per heavy atom. The van der Waals surface area contributed by atoms with Crippen molar-refractivity contribution in [3.05, 3.63) is 33.4 Å². The van der Waals surface area contributed by atoms with E-state index in [9.17, 15) is 23.1 Å². The molecule has 1 unspecified atom stereocenters. The van der Waals surface area contributed by atoms with Crippen molar-refractivity contribution in [2.75, 3.05) is 0 Å². The van der Waals surface area contributed by atoms with Gasteiger partial charge in [0.25, 0.3) is 5.69 Å². The standard InChI is InChI=1S/C27H45NO5S.Na/c1-2-3-4-5-6-7-8-9-10-11-12-13-14-15-16-17-18-23-19-20-25-26(23)21-24(34(31,32)33)22-27(25)28(29)30;/h21-23H,2-20H2,1H3,(H,31,32,33);/q;+1/p-1. The van der Waals surface area contributed by atoms with Gasteiger partial charge in [-0.2, -0.15) is 0 Å². The van der Waals surface area contributed by atoms with Crippen molar-refractivity contribution in [1.29, 1.82) is 0 Å². The van der Waals surface area contributed by atoms with Crippen LogP contribution in [0.4, 0.5) is 5.69 Å². The predicted octanol–water partition coefficient (Wildman–Crippen LogP) is 5.18. The Bertz CT molecular complexity index is 859. The molecule has 0 amide bonds. The van der Waals surface area contributed by atoms with Gasteiger partial charge in [0.05, 0.1) is 9.82 Å². The minimum Gasteiger partial charge on any atom is -0.744 e. The van der Waals surface area contributed by atoms with Gasteiger partial charge in [-0.1, -0.05) is 110 Å². The maximum absolute atomic E-state index is 11.5. The molecule has 2 rings (SSSR count). The Labute approximate surface area is 235 Å². The Morgan fingerprint density at radius 2 is 1.29 bits per heavy atom. The summed E-state index contributed by atoms with van der Waals surface area (Å²) in [4.78, 5) is 10.3. The van der Waals surface area contributed by atoms with Gasteiger partial charge in [-0.3, -0.25) is 10.1 Å². The fourth-order valence-electron chi connectivity index (χ4n) is 5.31. The van der Waals surface area contributed by atoms with Gasteiger partial charge in [-0.25, -0.2) is 8.42 Å². The van der Waals surface area contributed by atoms with Gasteiger partial charge in [0.15, 0.2) is 0 Å². The van der Waals surface area contributed by atoms with E-state index in [0.29, 0.717) is 17.5 Å². The van der Waals surface area contributed by atoms with Crippen molar-refractivity contribution in [2.24, 2.45) is 0 Å². The van der Waals surface area contributed by atoms with Crippen LogP contribution in [0.3, 0.4) is 0 Å². The van der Waals surface area contributed by atoms with E-state index in [4.69, 9.17) is 0 Å². The summed E-state index contributed by atoms with van der Waals surface area (Å²) in [5, 5.41) is 11.4. The summed E-state index contributed by atoms with van der Waals surface area (Å²) in [6, 6.07) is 2.31. The molecule has 1 atom stereocenters. The molecule has 0 radical (unpaired) electrons. The fraction of sp³-hybridized carbons (Fsp3) is 0.778. The molecule has 0 saturated heterocycles. The number of benzene rings is 1. The Morgan fingerprint density at radius 3 is 1.71 bits per heavy atom. The number of hydrogen-bond acceptors (Lipinski definition) is 5. The van der Waals surface area contributed by atoms with Crippen LogP contribution in [0.1, 0.15) is 140 Å². The van der Waals surface area contributed by atoms with Gasteiger partial charge < -0.3 is 4.55 Å². The largest absolute Gasteiger partial charge is 1.00 e. The number of rotatable bonds is 19. The van der Waals surface area contributed by atoms with Crippen molar-refractivity contribution < 1.29 is 47.5 Å². The molecule has 0 fully saturated rings. The normalized spacial score (nSPS) is 15.1. The summed E-state index contributed by atoms with van der Waals surface area (Å²) >= 11 is 0. The molecule has 6 nitrogen and oxygen atoms in total. The van der Waals surface area contributed by atoms with Crippen LogP contribution in [0.5, 0.6) is 0 Å². The summed E-state index contributed by atoms with van der Waals surface area (Å²) in [6.45, 7) is 2.26. The molecule has 0 saturated carbocycles. The van der Waals surface area contributed by atoms with Crippen molar-refractivity contribution in [2.45, 2.75) is 140 Å². The Hall–Kier alpha value is -0.470. The smallest absolute Gasteiger partial charge is 0.744 e. The first-order valence-electron chi connectivity index (χ1n) is 13.6. The quantitative estimate of drug-likeness (QED) is 0.0827. The van der Waals surface area contributed by atoms with Gasteiger partial charge in [0, 0.05) is 11.6 Å². The molecule has 0 spiro atoms. The van der Waals surface area contributed by atoms with Crippen LogP contribution in [-0.2, 0) is 16.5 Å². The second kappa shape index (κ2) is 17.9. The predicted molar refractivity (Wildman–Crippen MR) is 136 cm³/mol. The molecule has 0 aliphatic heterocycles. The molecule has 1 aliphatic rings. The van der Waals surface area contributed by atoms with Crippen LogP contribution >= 0.6 is 0 Å². The zero-order chi connectivity index (χ0) is 24.8. The summed E-state index contributed by atoms with van der Waals surface area (Å²) < 4.78 is 34.4. The monoisotopic (exact) mass is 517 g/mol. The van der Waals surface area contributed by atoms with Gasteiger partial charge in [0.2, 0.25) is 0 Å². The van der Waals surface area contributed by atoms with E-state index in [2.05, 4.69) is 6.92 Å². The van der Waals surface area contributed by atoms with Crippen LogP contribution in [0.25, 0.3) is 0 Å². The van der Waals surface area contributed by atoms with Crippen LogP contribution in [-0.4, -0.2) is 17.9 Å². The first-order chi connectivity index (χ1) is 16.3. The molecule has 35 heavy (non-hydrogen) atoms. The SMILES string of the molecule is CCCCCCCCCCCCCCCCCCC1CCc2c1cc(S(=O)(=O)[O-])cc2[N+](=O)[O-].[Na+]. The zero-order valence-electron chi connectivity index (χ0n) is 22.1. The summed E-state index contributed by atoms with van der Waals surface area (Å²) in [5.41, 5.74) is 1.09. The molecule has 1 aromatic carbocycles. The van der Waals surface area contributed by atoms with Crippen molar-refractivity contribution in [1.82, 2.24) is 0 Å². The third-order valence-electron chi connectivity index (χ3n) is 7.31. The maximum atomic E-state index is 11.5. The topological polar surface area (TPSA) is 100 Å². The molecule has 1 aromatic rings. The fourth-order valence-corrected chi connectivity index (χ4v) is 5.84.